The van der Waals surface area contributed by atoms with Crippen molar-refractivity contribution in [3.05, 3.63) is 120 Å². The second-order valence-electron chi connectivity index (χ2n) is 11.9. The van der Waals surface area contributed by atoms with Crippen molar-refractivity contribution >= 4 is 29.1 Å². The van der Waals surface area contributed by atoms with Crippen LogP contribution in [0.25, 0.3) is 0 Å². The third-order valence-electron chi connectivity index (χ3n) is 8.64. The Balaban J connectivity index is 0.00000552. The van der Waals surface area contributed by atoms with Gasteiger partial charge in [-0.2, -0.15) is 0 Å². The molecule has 240 valence electrons. The molecule has 0 radical (unpaired) electrons. The molecular weight excluding hydrogens is 639 g/mol. The van der Waals surface area contributed by atoms with E-state index in [9.17, 15) is 9.90 Å². The lowest BCUT2D eigenvalue weighted by atomic mass is 10.1. The summed E-state index contributed by atoms with van der Waals surface area (Å²) in [7, 11) is -1.69. The maximum Gasteiger partial charge on any atom is 0.338 e. The van der Waals surface area contributed by atoms with E-state index in [0.717, 1.165) is 18.4 Å². The monoisotopic (exact) mass is 688 g/mol. The zero-order valence-electron chi connectivity index (χ0n) is 26.9. The van der Waals surface area contributed by atoms with E-state index in [-0.39, 0.29) is 28.7 Å². The van der Waals surface area contributed by atoms with Crippen LogP contribution in [-0.2, 0) is 4.74 Å². The molecule has 0 saturated carbocycles. The third-order valence-corrected chi connectivity index (χ3v) is 13.2. The average molecular weight is 690 g/mol. The topological polar surface area (TPSA) is 46.5 Å². The molecule has 0 fully saturated rings. The summed E-state index contributed by atoms with van der Waals surface area (Å²) in [5, 5.41) is 14.0. The fraction of sp³-hybridized carbons (Fsp3) is 0.375. The first kappa shape index (κ1) is 36.5. The fourth-order valence-electron chi connectivity index (χ4n) is 6.22. The highest BCUT2D eigenvalue weighted by molar-refractivity contribution is 7.95. The number of hydrogen-bond acceptors (Lipinski definition) is 3. The quantitative estimate of drug-likeness (QED) is 0.0692. The van der Waals surface area contributed by atoms with E-state index < -0.39 is 7.26 Å². The maximum atomic E-state index is 12.2. The molecule has 4 aromatic rings. The number of hydrogen-bond donors (Lipinski definition) is 1. The lowest BCUT2D eigenvalue weighted by molar-refractivity contribution is -0.0000285. The standard InChI is InChI=1S/C40H49O3P.BrH/c1-34-33-35(41)29-30-39(34)40(42)43-31-21-10-8-6-4-2-3-5-7-9-11-22-32-44(36-23-15-12-16-24-36,37-25-17-13-18-26-37)38-27-19-14-20-28-38;/h12-20,23-30,33H,2-11,21-22,31-32H2,1H3;1H. The van der Waals surface area contributed by atoms with Crippen molar-refractivity contribution in [3.63, 3.8) is 0 Å². The Hall–Kier alpha value is -2.94. The van der Waals surface area contributed by atoms with Gasteiger partial charge >= 0.3 is 5.97 Å². The number of ether oxygens (including phenoxy) is 1. The summed E-state index contributed by atoms with van der Waals surface area (Å²) in [5.74, 6) is -0.129. The first-order valence-corrected chi connectivity index (χ1v) is 18.6. The van der Waals surface area contributed by atoms with Crippen LogP contribution in [0, 0.1) is 6.92 Å². The number of benzene rings is 4. The van der Waals surface area contributed by atoms with Gasteiger partial charge in [0.25, 0.3) is 0 Å². The first-order valence-electron chi connectivity index (χ1n) is 16.6. The van der Waals surface area contributed by atoms with Crippen LogP contribution in [0.2, 0.25) is 0 Å². The minimum absolute atomic E-state index is 0. The number of unbranched alkanes of at least 4 members (excludes halogenated alkanes) is 11. The second kappa shape index (κ2) is 20.2. The summed E-state index contributed by atoms with van der Waals surface area (Å²) in [6.45, 7) is 2.27. The molecule has 4 rings (SSSR count). The average Bonchev–Trinajstić information content (AvgIpc) is 3.06. The number of rotatable bonds is 19. The van der Waals surface area contributed by atoms with Crippen molar-refractivity contribution in [2.45, 2.75) is 84.0 Å². The Kier molecular flexibility index (Phi) is 16.4. The number of phenols is 1. The van der Waals surface area contributed by atoms with Crippen LogP contribution in [-0.4, -0.2) is 23.8 Å². The predicted octanol–water partition coefficient (Wildman–Crippen LogP) is 6.54. The van der Waals surface area contributed by atoms with Gasteiger partial charge in [-0.05, 0) is 86.3 Å². The smallest absolute Gasteiger partial charge is 0.338 e. The number of carbonyl (C=O) groups excluding carboxylic acids is 1. The third kappa shape index (κ3) is 11.1. The van der Waals surface area contributed by atoms with E-state index in [1.807, 2.05) is 6.92 Å². The predicted molar refractivity (Wildman–Crippen MR) is 189 cm³/mol. The molecule has 0 spiro atoms. The summed E-state index contributed by atoms with van der Waals surface area (Å²) in [4.78, 5) is 12.2. The van der Waals surface area contributed by atoms with Gasteiger partial charge < -0.3 is 26.8 Å². The van der Waals surface area contributed by atoms with Crippen molar-refractivity contribution in [3.8, 4) is 5.75 Å². The van der Waals surface area contributed by atoms with E-state index in [2.05, 4.69) is 91.0 Å². The van der Waals surface area contributed by atoms with Crippen molar-refractivity contribution in [1.29, 1.82) is 0 Å². The van der Waals surface area contributed by atoms with Crippen LogP contribution < -0.4 is 32.9 Å². The van der Waals surface area contributed by atoms with Crippen LogP contribution in [0.1, 0.15) is 93.0 Å². The first-order chi connectivity index (χ1) is 21.6. The molecular formula is C40H50BrO3P. The SMILES string of the molecule is Cc1cc(O)ccc1C(=O)OCCCCCCCCCCCCCC[P+](c1ccccc1)(c1ccccc1)c1ccccc1.[Br-]. The van der Waals surface area contributed by atoms with Crippen LogP contribution in [0.5, 0.6) is 5.75 Å². The Morgan fingerprint density at radius 3 is 1.40 bits per heavy atom. The number of aryl methyl sites for hydroxylation is 1. The summed E-state index contributed by atoms with van der Waals surface area (Å²) in [6.07, 6.45) is 16.2. The van der Waals surface area contributed by atoms with Crippen LogP contribution in [0.3, 0.4) is 0 Å². The molecule has 0 bridgehead atoms. The summed E-state index contributed by atoms with van der Waals surface area (Å²) in [6, 6.07) is 38.5. The molecule has 0 aromatic heterocycles. The Morgan fingerprint density at radius 1 is 0.578 bits per heavy atom. The highest BCUT2D eigenvalue weighted by Gasteiger charge is 2.44. The van der Waals surface area contributed by atoms with Gasteiger partial charge in [-0.25, -0.2) is 4.79 Å². The summed E-state index contributed by atoms with van der Waals surface area (Å²) < 4.78 is 5.42. The van der Waals surface area contributed by atoms with Crippen molar-refractivity contribution < 1.29 is 31.6 Å². The molecule has 0 aliphatic carbocycles. The van der Waals surface area contributed by atoms with Gasteiger partial charge in [-0.15, -0.1) is 0 Å². The van der Waals surface area contributed by atoms with E-state index in [1.54, 1.807) is 12.1 Å². The van der Waals surface area contributed by atoms with E-state index >= 15 is 0 Å². The largest absolute Gasteiger partial charge is 1.00 e. The molecule has 5 heteroatoms. The minimum atomic E-state index is -1.69. The molecule has 0 aliphatic heterocycles. The summed E-state index contributed by atoms with van der Waals surface area (Å²) >= 11 is 0. The molecule has 0 unspecified atom stereocenters. The van der Waals surface area contributed by atoms with E-state index in [0.29, 0.717) is 12.2 Å². The molecule has 0 heterocycles. The molecule has 3 nitrogen and oxygen atoms in total. The maximum absolute atomic E-state index is 12.2. The molecule has 0 aliphatic rings. The van der Waals surface area contributed by atoms with Gasteiger partial charge in [0.05, 0.1) is 18.3 Å². The van der Waals surface area contributed by atoms with Gasteiger partial charge in [-0.1, -0.05) is 112 Å². The number of phenolic OH excluding ortho intramolecular Hbond substituents is 1. The van der Waals surface area contributed by atoms with E-state index in [4.69, 9.17) is 4.74 Å². The number of carbonyl (C=O) groups is 1. The summed E-state index contributed by atoms with van der Waals surface area (Å²) in [5.41, 5.74) is 1.27. The van der Waals surface area contributed by atoms with Gasteiger partial charge in [-0.3, -0.25) is 0 Å². The molecule has 0 amide bonds. The number of halogens is 1. The molecule has 45 heavy (non-hydrogen) atoms. The molecule has 4 aromatic carbocycles. The van der Waals surface area contributed by atoms with Gasteiger partial charge in [0.15, 0.2) is 0 Å². The Bertz CT molecular complexity index is 1280. The number of esters is 1. The Morgan fingerprint density at radius 2 is 0.978 bits per heavy atom. The van der Waals surface area contributed by atoms with Crippen LogP contribution in [0.4, 0.5) is 0 Å². The molecule has 1 N–H and O–H groups in total. The Labute approximate surface area is 282 Å². The van der Waals surface area contributed by atoms with Crippen LogP contribution in [0.15, 0.2) is 109 Å². The normalized spacial score (nSPS) is 11.1. The van der Waals surface area contributed by atoms with Crippen LogP contribution >= 0.6 is 7.26 Å². The molecule has 0 atom stereocenters. The fourth-order valence-corrected chi connectivity index (χ4v) is 10.6. The lowest BCUT2D eigenvalue weighted by Gasteiger charge is -2.27. The van der Waals surface area contributed by atoms with Crippen molar-refractivity contribution in [2.75, 3.05) is 12.8 Å². The highest BCUT2D eigenvalue weighted by atomic mass is 79.9. The van der Waals surface area contributed by atoms with Gasteiger partial charge in [0.1, 0.15) is 28.9 Å². The second-order valence-corrected chi connectivity index (χ2v) is 15.5. The van der Waals surface area contributed by atoms with Crippen molar-refractivity contribution in [2.24, 2.45) is 0 Å². The lowest BCUT2D eigenvalue weighted by Crippen LogP contribution is -3.00. The minimum Gasteiger partial charge on any atom is -1.00 e. The molecule has 0 saturated heterocycles. The number of aromatic hydroxyl groups is 1. The van der Waals surface area contributed by atoms with Crippen molar-refractivity contribution in [1.82, 2.24) is 0 Å². The van der Waals surface area contributed by atoms with Gasteiger partial charge in [0, 0.05) is 0 Å². The van der Waals surface area contributed by atoms with E-state index in [1.165, 1.54) is 92.4 Å². The van der Waals surface area contributed by atoms with Gasteiger partial charge in [0.2, 0.25) is 0 Å². The zero-order valence-corrected chi connectivity index (χ0v) is 29.4. The highest BCUT2D eigenvalue weighted by Crippen LogP contribution is 2.56. The zero-order chi connectivity index (χ0) is 30.9.